The molecule has 0 saturated carbocycles. The van der Waals surface area contributed by atoms with E-state index in [2.05, 4.69) is 10.6 Å². The molecule has 0 aliphatic carbocycles. The molecule has 0 radical (unpaired) electrons. The summed E-state index contributed by atoms with van der Waals surface area (Å²) in [6.07, 6.45) is 0.438. The molecule has 3 N–H and O–H groups in total. The molecule has 8 nitrogen and oxygen atoms in total. The summed E-state index contributed by atoms with van der Waals surface area (Å²) in [6.45, 7) is 4.28. The molecule has 2 saturated heterocycles. The van der Waals surface area contributed by atoms with Gasteiger partial charge in [0.1, 0.15) is 11.3 Å². The van der Waals surface area contributed by atoms with E-state index >= 15 is 0 Å². The van der Waals surface area contributed by atoms with Crippen molar-refractivity contribution in [2.45, 2.75) is 31.8 Å². The lowest BCUT2D eigenvalue weighted by atomic mass is 9.75. The zero-order chi connectivity index (χ0) is 23.5. The molecule has 0 bridgehead atoms. The van der Waals surface area contributed by atoms with E-state index in [1.54, 1.807) is 24.3 Å². The molecule has 2 unspecified atom stereocenters. The molecule has 4 atom stereocenters. The topological polar surface area (TPSA) is 108 Å². The summed E-state index contributed by atoms with van der Waals surface area (Å²) in [5.41, 5.74) is 2.92. The third kappa shape index (κ3) is 3.08. The van der Waals surface area contributed by atoms with Gasteiger partial charge in [-0.05, 0) is 43.5 Å². The Balaban J connectivity index is 1.63. The van der Waals surface area contributed by atoms with E-state index in [1.165, 1.54) is 12.0 Å². The Kier molecular flexibility index (Phi) is 5.02. The van der Waals surface area contributed by atoms with Crippen LogP contribution in [0.1, 0.15) is 22.3 Å². The molecule has 3 amide bonds. The number of rotatable bonds is 5. The van der Waals surface area contributed by atoms with E-state index in [0.717, 1.165) is 22.3 Å². The quantitative estimate of drug-likeness (QED) is 0.599. The normalized spacial score (nSPS) is 27.9. The van der Waals surface area contributed by atoms with Gasteiger partial charge in [0.05, 0.1) is 25.0 Å². The van der Waals surface area contributed by atoms with Gasteiger partial charge in [-0.15, -0.1) is 0 Å². The first kappa shape index (κ1) is 21.6. The first-order chi connectivity index (χ1) is 15.8. The molecule has 3 aliphatic heterocycles. The van der Waals surface area contributed by atoms with Crippen molar-refractivity contribution in [1.82, 2.24) is 10.2 Å². The zero-order valence-electron chi connectivity index (χ0n) is 18.8. The Morgan fingerprint density at radius 3 is 2.52 bits per heavy atom. The fourth-order valence-electron chi connectivity index (χ4n) is 5.78. The van der Waals surface area contributed by atoms with Crippen LogP contribution >= 0.6 is 0 Å². The van der Waals surface area contributed by atoms with Gasteiger partial charge >= 0.3 is 0 Å². The standard InChI is InChI=1S/C25H27N3O5/c1-13-10-14(2)21-17(11-13)25(24(32)26-21)20-19(22(30)28(23(20)31)8-9-33-3)18(27-25)12-15-4-6-16(29)7-5-15/h4-7,10-11,18-20,27,29H,8-9,12H2,1-3H3,(H,26,32)/t18?,19-,20+,25?/m1/s1. The van der Waals surface area contributed by atoms with Crippen LogP contribution < -0.4 is 10.6 Å². The predicted octanol–water partition coefficient (Wildman–Crippen LogP) is 1.62. The molecule has 33 heavy (non-hydrogen) atoms. The fourth-order valence-corrected chi connectivity index (χ4v) is 5.78. The lowest BCUT2D eigenvalue weighted by Crippen LogP contribution is -2.53. The number of benzene rings is 2. The Hall–Kier alpha value is -3.23. The highest BCUT2D eigenvalue weighted by molar-refractivity contribution is 6.15. The number of imide groups is 1. The van der Waals surface area contributed by atoms with E-state index < -0.39 is 23.4 Å². The van der Waals surface area contributed by atoms with Gasteiger partial charge in [0, 0.05) is 24.4 Å². The first-order valence-corrected chi connectivity index (χ1v) is 11.1. The van der Waals surface area contributed by atoms with E-state index in [0.29, 0.717) is 12.1 Å². The summed E-state index contributed by atoms with van der Waals surface area (Å²) >= 11 is 0. The number of aryl methyl sites for hydroxylation is 2. The Morgan fingerprint density at radius 1 is 1.09 bits per heavy atom. The number of nitrogens with zero attached hydrogens (tertiary/aromatic N) is 1. The van der Waals surface area contributed by atoms with E-state index in [-0.39, 0.29) is 36.6 Å². The molecule has 2 aromatic rings. The second kappa shape index (κ2) is 7.67. The fraction of sp³-hybridized carbons (Fsp3) is 0.400. The van der Waals surface area contributed by atoms with Crippen molar-refractivity contribution in [2.24, 2.45) is 11.8 Å². The summed E-state index contributed by atoms with van der Waals surface area (Å²) in [5, 5.41) is 16.1. The largest absolute Gasteiger partial charge is 0.508 e. The molecular weight excluding hydrogens is 422 g/mol. The summed E-state index contributed by atoms with van der Waals surface area (Å²) < 4.78 is 5.12. The number of fused-ring (bicyclic) bond motifs is 4. The Bertz CT molecular complexity index is 1160. The number of phenols is 1. The zero-order valence-corrected chi connectivity index (χ0v) is 18.8. The van der Waals surface area contributed by atoms with Crippen molar-refractivity contribution in [3.8, 4) is 5.75 Å². The van der Waals surface area contributed by atoms with Gasteiger partial charge in [0.2, 0.25) is 17.7 Å². The van der Waals surface area contributed by atoms with Crippen molar-refractivity contribution in [3.63, 3.8) is 0 Å². The molecule has 2 fully saturated rings. The number of ether oxygens (including phenoxy) is 1. The lowest BCUT2D eigenvalue weighted by molar-refractivity contribution is -0.143. The second-order valence-corrected chi connectivity index (χ2v) is 9.21. The molecule has 3 aliphatic rings. The third-order valence-electron chi connectivity index (χ3n) is 7.17. The maximum absolute atomic E-state index is 13.6. The van der Waals surface area contributed by atoms with Gasteiger partial charge in [0.15, 0.2) is 0 Å². The van der Waals surface area contributed by atoms with E-state index in [1.807, 2.05) is 26.0 Å². The van der Waals surface area contributed by atoms with E-state index in [9.17, 15) is 19.5 Å². The number of aromatic hydroxyl groups is 1. The van der Waals surface area contributed by atoms with Crippen LogP contribution in [-0.2, 0) is 31.1 Å². The number of carbonyl (C=O) groups excluding carboxylic acids is 3. The van der Waals surface area contributed by atoms with Crippen LogP contribution in [0, 0.1) is 25.7 Å². The summed E-state index contributed by atoms with van der Waals surface area (Å²) in [7, 11) is 1.52. The third-order valence-corrected chi connectivity index (χ3v) is 7.17. The number of phenolic OH excluding ortho intramolecular Hbond substituents is 1. The molecule has 0 aromatic heterocycles. The molecule has 8 heteroatoms. The number of hydrogen-bond donors (Lipinski definition) is 3. The van der Waals surface area contributed by atoms with Gasteiger partial charge in [-0.3, -0.25) is 24.6 Å². The second-order valence-electron chi connectivity index (χ2n) is 9.21. The van der Waals surface area contributed by atoms with Crippen LogP contribution in [0.15, 0.2) is 36.4 Å². The number of hydrogen-bond acceptors (Lipinski definition) is 6. The molecule has 3 heterocycles. The maximum Gasteiger partial charge on any atom is 0.250 e. The Morgan fingerprint density at radius 2 is 1.82 bits per heavy atom. The maximum atomic E-state index is 13.6. The molecule has 2 aromatic carbocycles. The van der Waals surface area contributed by atoms with Crippen molar-refractivity contribution < 1.29 is 24.2 Å². The van der Waals surface area contributed by atoms with Crippen molar-refractivity contribution in [1.29, 1.82) is 0 Å². The summed E-state index contributed by atoms with van der Waals surface area (Å²) in [4.78, 5) is 41.9. The van der Waals surface area contributed by atoms with Gasteiger partial charge in [-0.2, -0.15) is 0 Å². The van der Waals surface area contributed by atoms with Crippen LogP contribution in [0.25, 0.3) is 0 Å². The molecular formula is C25H27N3O5. The SMILES string of the molecule is COCCN1C(=O)[C@@H]2C(Cc3ccc(O)cc3)NC3(C(=O)Nc4c(C)cc(C)cc43)[C@@H]2C1=O. The average molecular weight is 450 g/mol. The van der Waals surface area contributed by atoms with Crippen LogP contribution in [0.4, 0.5) is 5.69 Å². The highest BCUT2D eigenvalue weighted by Gasteiger charge is 2.70. The first-order valence-electron chi connectivity index (χ1n) is 11.1. The lowest BCUT2D eigenvalue weighted by Gasteiger charge is -2.30. The highest BCUT2D eigenvalue weighted by atomic mass is 16.5. The number of amides is 3. The van der Waals surface area contributed by atoms with Crippen LogP contribution in [0.3, 0.4) is 0 Å². The highest BCUT2D eigenvalue weighted by Crippen LogP contribution is 2.54. The average Bonchev–Trinajstić information content (AvgIpc) is 3.34. The minimum absolute atomic E-state index is 0.153. The van der Waals surface area contributed by atoms with Gasteiger partial charge in [-0.25, -0.2) is 0 Å². The number of nitrogens with one attached hydrogen (secondary N) is 2. The monoisotopic (exact) mass is 449 g/mol. The Labute approximate surface area is 191 Å². The molecule has 5 rings (SSSR count). The number of methoxy groups -OCH3 is 1. The van der Waals surface area contributed by atoms with E-state index in [4.69, 9.17) is 4.74 Å². The summed E-state index contributed by atoms with van der Waals surface area (Å²) in [5.74, 6) is -2.29. The summed E-state index contributed by atoms with van der Waals surface area (Å²) in [6, 6.07) is 10.3. The predicted molar refractivity (Wildman–Crippen MR) is 121 cm³/mol. The van der Waals surface area contributed by atoms with Crippen molar-refractivity contribution >= 4 is 23.4 Å². The van der Waals surface area contributed by atoms with Gasteiger partial charge in [0.25, 0.3) is 0 Å². The number of carbonyl (C=O) groups is 3. The van der Waals surface area contributed by atoms with Crippen LogP contribution in [0.5, 0.6) is 5.75 Å². The minimum Gasteiger partial charge on any atom is -0.508 e. The number of likely N-dealkylation sites (tertiary alicyclic amines) is 1. The minimum atomic E-state index is -1.31. The van der Waals surface area contributed by atoms with Crippen molar-refractivity contribution in [3.05, 3.63) is 58.7 Å². The van der Waals surface area contributed by atoms with Gasteiger partial charge < -0.3 is 15.2 Å². The van der Waals surface area contributed by atoms with Gasteiger partial charge in [-0.1, -0.05) is 29.8 Å². The molecule has 1 spiro atoms. The number of anilines is 1. The van der Waals surface area contributed by atoms with Crippen molar-refractivity contribution in [2.75, 3.05) is 25.6 Å². The smallest absolute Gasteiger partial charge is 0.250 e. The van der Waals surface area contributed by atoms with Crippen LogP contribution in [-0.4, -0.2) is 54.0 Å². The molecule has 172 valence electrons. The van der Waals surface area contributed by atoms with Crippen LogP contribution in [0.2, 0.25) is 0 Å².